The quantitative estimate of drug-likeness (QED) is 0.382. The van der Waals surface area contributed by atoms with Crippen molar-refractivity contribution in [2.75, 3.05) is 7.11 Å². The van der Waals surface area contributed by atoms with Crippen LogP contribution in [0.3, 0.4) is 0 Å². The Kier molecular flexibility index (Phi) is 13.0. The Morgan fingerprint density at radius 1 is 1.40 bits per heavy atom. The number of rotatable bonds is 5. The van der Waals surface area contributed by atoms with Crippen molar-refractivity contribution in [1.82, 2.24) is 0 Å². The van der Waals surface area contributed by atoms with Crippen molar-refractivity contribution in [3.63, 3.8) is 0 Å². The molecule has 0 rings (SSSR count). The van der Waals surface area contributed by atoms with Gasteiger partial charge in [-0.05, 0) is 0 Å². The van der Waals surface area contributed by atoms with Crippen molar-refractivity contribution in [1.29, 1.82) is 0 Å². The molecule has 0 bridgehead atoms. The molecule has 0 aromatic rings. The van der Waals surface area contributed by atoms with Crippen LogP contribution < -0.4 is 69.3 Å². The van der Waals surface area contributed by atoms with E-state index >= 15 is 0 Å². The molecule has 0 amide bonds. The zero-order valence-electron chi connectivity index (χ0n) is 8.63. The Morgan fingerprint density at radius 3 is 2.00 bits per heavy atom. The van der Waals surface area contributed by atoms with E-state index in [-0.39, 0.29) is 59.1 Å². The van der Waals surface area contributed by atoms with Crippen LogP contribution in [0.5, 0.6) is 0 Å². The summed E-state index contributed by atoms with van der Waals surface area (Å²) in [7, 11) is -3.68. The van der Waals surface area contributed by atoms with Gasteiger partial charge in [-0.15, -0.1) is 0 Å². The molecule has 0 fully saturated rings. The van der Waals surface area contributed by atoms with E-state index in [1.54, 1.807) is 0 Å². The van der Waals surface area contributed by atoms with Crippen LogP contribution in [-0.2, 0) is 18.7 Å². The van der Waals surface area contributed by atoms with Gasteiger partial charge in [0.15, 0.2) is 0 Å². The molecule has 0 aliphatic heterocycles. The van der Waals surface area contributed by atoms with Crippen molar-refractivity contribution in [2.45, 2.75) is 12.1 Å². The van der Waals surface area contributed by atoms with Gasteiger partial charge in [-0.1, -0.05) is 0 Å². The minimum Gasteiger partial charge on any atom is -0.550 e. The Hall–Kier alpha value is 1.09. The van der Waals surface area contributed by atoms with E-state index in [0.29, 0.717) is 0 Å². The van der Waals surface area contributed by atoms with Crippen molar-refractivity contribution in [2.24, 2.45) is 0 Å². The average molecular weight is 256 g/mol. The third kappa shape index (κ3) is 7.90. The SMILES string of the molecule is COP(=O)(O)C(CC(=O)[O-])C(=O)[O-].[Na+].[Na+]. The number of carboxylic acids is 2. The number of hydrogen-bond donors (Lipinski definition) is 1. The van der Waals surface area contributed by atoms with E-state index in [9.17, 15) is 24.4 Å². The summed E-state index contributed by atoms with van der Waals surface area (Å²) in [6.45, 7) is 0. The Balaban J connectivity index is -0.000000720. The fourth-order valence-corrected chi connectivity index (χ4v) is 1.52. The topological polar surface area (TPSA) is 127 Å². The molecule has 76 valence electrons. The predicted octanol–water partition coefficient (Wildman–Crippen LogP) is -8.92. The number of aliphatic carboxylic acids is 2. The molecular formula is C5H7Na2O7P. The summed E-state index contributed by atoms with van der Waals surface area (Å²) < 4.78 is 14.8. The van der Waals surface area contributed by atoms with E-state index in [0.717, 1.165) is 7.11 Å². The molecule has 0 aliphatic carbocycles. The molecule has 0 saturated heterocycles. The molecule has 0 saturated carbocycles. The second kappa shape index (κ2) is 9.15. The van der Waals surface area contributed by atoms with E-state index in [2.05, 4.69) is 4.52 Å². The second-order valence-electron chi connectivity index (χ2n) is 2.16. The van der Waals surface area contributed by atoms with Crippen LogP contribution in [0.15, 0.2) is 0 Å². The van der Waals surface area contributed by atoms with Gasteiger partial charge in [-0.2, -0.15) is 0 Å². The van der Waals surface area contributed by atoms with Gasteiger partial charge in [0.2, 0.25) is 0 Å². The molecule has 0 spiro atoms. The number of hydrogen-bond acceptors (Lipinski definition) is 6. The zero-order chi connectivity index (χ0) is 10.6. The van der Waals surface area contributed by atoms with Crippen LogP contribution in [0, 0.1) is 0 Å². The molecule has 2 unspecified atom stereocenters. The summed E-state index contributed by atoms with van der Waals surface area (Å²) in [6.07, 6.45) is -1.12. The third-order valence-corrected chi connectivity index (χ3v) is 2.99. The fourth-order valence-electron chi connectivity index (χ4n) is 0.617. The molecule has 0 aliphatic rings. The van der Waals surface area contributed by atoms with E-state index < -0.39 is 31.6 Å². The first-order valence-electron chi connectivity index (χ1n) is 3.10. The number of carbonyl (C=O) groups is 2. The molecule has 7 nitrogen and oxygen atoms in total. The van der Waals surface area contributed by atoms with Gasteiger partial charge < -0.3 is 29.2 Å². The largest absolute Gasteiger partial charge is 1.00 e. The summed E-state index contributed by atoms with van der Waals surface area (Å²) in [5.41, 5.74) is -2.09. The Morgan fingerprint density at radius 2 is 1.80 bits per heavy atom. The monoisotopic (exact) mass is 256 g/mol. The number of carboxylic acid groups (broad SMARTS) is 2. The van der Waals surface area contributed by atoms with Crippen LogP contribution in [-0.4, -0.2) is 29.6 Å². The maximum atomic E-state index is 10.9. The van der Waals surface area contributed by atoms with Crippen LogP contribution in [0.1, 0.15) is 6.42 Å². The maximum Gasteiger partial charge on any atom is 1.00 e. The van der Waals surface area contributed by atoms with Crippen LogP contribution >= 0.6 is 7.60 Å². The fraction of sp³-hybridized carbons (Fsp3) is 0.600. The standard InChI is InChI=1S/C5H9O7P.2Na/c1-12-13(10,11)3(5(8)9)2-4(6)7;;/h3H,2H2,1H3,(H,6,7)(H,8,9)(H,10,11);;/q;2*+1/p-2. The van der Waals surface area contributed by atoms with Crippen molar-refractivity contribution in [3.8, 4) is 0 Å². The van der Waals surface area contributed by atoms with E-state index in [1.165, 1.54) is 0 Å². The summed E-state index contributed by atoms with van der Waals surface area (Å²) >= 11 is 0. The summed E-state index contributed by atoms with van der Waals surface area (Å²) in [6, 6.07) is 0. The van der Waals surface area contributed by atoms with Gasteiger partial charge in [0.05, 0.1) is 5.97 Å². The Labute approximate surface area is 130 Å². The van der Waals surface area contributed by atoms with Crippen LogP contribution in [0.2, 0.25) is 0 Å². The molecule has 10 heteroatoms. The van der Waals surface area contributed by atoms with Crippen molar-refractivity contribution in [3.05, 3.63) is 0 Å². The van der Waals surface area contributed by atoms with Gasteiger partial charge in [0, 0.05) is 19.5 Å². The number of carbonyl (C=O) groups excluding carboxylic acids is 2. The maximum absolute atomic E-state index is 10.9. The van der Waals surface area contributed by atoms with Gasteiger partial charge in [-0.3, -0.25) is 4.57 Å². The van der Waals surface area contributed by atoms with Gasteiger partial charge in [0.25, 0.3) is 0 Å². The minimum absolute atomic E-state index is 0. The third-order valence-electron chi connectivity index (χ3n) is 1.29. The van der Waals surface area contributed by atoms with E-state index in [1.807, 2.05) is 0 Å². The molecular weight excluding hydrogens is 249 g/mol. The smallest absolute Gasteiger partial charge is 0.550 e. The molecule has 1 N–H and O–H groups in total. The molecule has 0 aromatic carbocycles. The van der Waals surface area contributed by atoms with Crippen molar-refractivity contribution >= 4 is 19.5 Å². The first-order chi connectivity index (χ1) is 5.81. The molecule has 0 radical (unpaired) electrons. The van der Waals surface area contributed by atoms with Crippen molar-refractivity contribution < 1.29 is 92.9 Å². The normalized spacial score (nSPS) is 15.1. The Bertz CT molecular complexity index is 268. The van der Waals surface area contributed by atoms with Gasteiger partial charge >= 0.3 is 66.7 Å². The van der Waals surface area contributed by atoms with Gasteiger partial charge in [-0.25, -0.2) is 0 Å². The average Bonchev–Trinajstić information content (AvgIpc) is 1.99. The summed E-state index contributed by atoms with van der Waals surface area (Å²) in [5, 5.41) is 20.2. The molecule has 2 atom stereocenters. The van der Waals surface area contributed by atoms with Gasteiger partial charge in [0.1, 0.15) is 5.66 Å². The minimum atomic E-state index is -4.48. The summed E-state index contributed by atoms with van der Waals surface area (Å²) in [5.74, 6) is -3.72. The molecule has 15 heavy (non-hydrogen) atoms. The molecule has 0 aromatic heterocycles. The first-order valence-corrected chi connectivity index (χ1v) is 4.75. The predicted molar refractivity (Wildman–Crippen MR) is 35.3 cm³/mol. The first kappa shape index (κ1) is 21.4. The second-order valence-corrected chi connectivity index (χ2v) is 4.27. The van der Waals surface area contributed by atoms with E-state index in [4.69, 9.17) is 4.89 Å². The zero-order valence-corrected chi connectivity index (χ0v) is 13.5. The molecule has 0 heterocycles. The van der Waals surface area contributed by atoms with Crippen LogP contribution in [0.25, 0.3) is 0 Å². The van der Waals surface area contributed by atoms with Crippen LogP contribution in [0.4, 0.5) is 0 Å². The summed E-state index contributed by atoms with van der Waals surface area (Å²) in [4.78, 5) is 29.0.